The molecule has 0 spiro atoms. The zero-order chi connectivity index (χ0) is 21.7. The minimum absolute atomic E-state index is 0.114. The van der Waals surface area contributed by atoms with Crippen molar-refractivity contribution in [2.75, 3.05) is 0 Å². The SMILES string of the molecule is O=C(O)c1ccccc1-c1c2cc(Br)c(=O)c(Br)c-2oc2c(Br)c(CO)c(Br)cc12. The highest BCUT2D eigenvalue weighted by atomic mass is 79.9. The Morgan fingerprint density at radius 3 is 2.33 bits per heavy atom. The molecule has 0 saturated heterocycles. The van der Waals surface area contributed by atoms with E-state index >= 15 is 0 Å². The molecule has 2 aromatic rings. The Balaban J connectivity index is 2.33. The lowest BCUT2D eigenvalue weighted by Gasteiger charge is -2.20. The molecular formula is C21H10Br4O5. The number of carboxylic acid groups (broad SMARTS) is 1. The number of carbonyl (C=O) groups is 1. The van der Waals surface area contributed by atoms with E-state index in [-0.39, 0.29) is 27.8 Å². The van der Waals surface area contributed by atoms with Crippen LogP contribution >= 0.6 is 63.7 Å². The summed E-state index contributed by atoms with van der Waals surface area (Å²) in [7, 11) is 0. The third kappa shape index (κ3) is 3.36. The van der Waals surface area contributed by atoms with Gasteiger partial charge in [-0.3, -0.25) is 4.79 Å². The number of aliphatic hydroxyl groups excluding tert-OH is 1. The van der Waals surface area contributed by atoms with Crippen molar-refractivity contribution in [1.82, 2.24) is 0 Å². The average molecular weight is 662 g/mol. The second kappa shape index (κ2) is 8.20. The Hall–Kier alpha value is -1.52. The lowest BCUT2D eigenvalue weighted by Crippen LogP contribution is -2.08. The third-order valence-corrected chi connectivity index (χ3v) is 7.58. The molecule has 0 fully saturated rings. The minimum Gasteiger partial charge on any atom is -0.478 e. The van der Waals surface area contributed by atoms with Crippen molar-refractivity contribution in [2.45, 2.75) is 6.61 Å². The van der Waals surface area contributed by atoms with E-state index in [1.807, 2.05) is 0 Å². The molecule has 2 N–H and O–H groups in total. The zero-order valence-corrected chi connectivity index (χ0v) is 21.1. The Morgan fingerprint density at radius 2 is 1.67 bits per heavy atom. The van der Waals surface area contributed by atoms with Crippen molar-refractivity contribution in [3.8, 4) is 22.5 Å². The van der Waals surface area contributed by atoms with Gasteiger partial charge in [0.05, 0.1) is 21.1 Å². The van der Waals surface area contributed by atoms with Crippen LogP contribution in [0, 0.1) is 0 Å². The maximum absolute atomic E-state index is 12.5. The summed E-state index contributed by atoms with van der Waals surface area (Å²) in [5, 5.41) is 20.2. The van der Waals surface area contributed by atoms with Gasteiger partial charge in [0.1, 0.15) is 10.1 Å². The van der Waals surface area contributed by atoms with Crippen molar-refractivity contribution in [3.05, 3.63) is 75.6 Å². The summed E-state index contributed by atoms with van der Waals surface area (Å²) in [5.74, 6) is -0.797. The quantitative estimate of drug-likeness (QED) is 0.236. The summed E-state index contributed by atoms with van der Waals surface area (Å²) in [6.07, 6.45) is 0. The lowest BCUT2D eigenvalue weighted by atomic mass is 9.90. The molecule has 0 amide bonds. The van der Waals surface area contributed by atoms with Crippen LogP contribution in [-0.4, -0.2) is 16.2 Å². The predicted octanol–water partition coefficient (Wildman–Crippen LogP) is 6.81. The fourth-order valence-corrected chi connectivity index (χ4v) is 6.02. The molecule has 0 aromatic heterocycles. The first kappa shape index (κ1) is 21.7. The number of rotatable bonds is 3. The molecule has 2 aliphatic rings. The van der Waals surface area contributed by atoms with Gasteiger partial charge in [-0.2, -0.15) is 0 Å². The van der Waals surface area contributed by atoms with E-state index < -0.39 is 5.97 Å². The normalized spacial score (nSPS) is 11.4. The molecule has 30 heavy (non-hydrogen) atoms. The minimum atomic E-state index is -1.07. The number of benzene rings is 3. The molecule has 152 valence electrons. The van der Waals surface area contributed by atoms with Gasteiger partial charge in [-0.25, -0.2) is 4.79 Å². The number of aliphatic hydroxyl groups is 1. The molecule has 9 heteroatoms. The molecule has 0 radical (unpaired) electrons. The highest BCUT2D eigenvalue weighted by Gasteiger charge is 2.27. The highest BCUT2D eigenvalue weighted by molar-refractivity contribution is 9.11. The van der Waals surface area contributed by atoms with Gasteiger partial charge >= 0.3 is 5.97 Å². The van der Waals surface area contributed by atoms with E-state index in [4.69, 9.17) is 4.42 Å². The van der Waals surface area contributed by atoms with E-state index in [0.29, 0.717) is 46.6 Å². The molecule has 1 heterocycles. The van der Waals surface area contributed by atoms with Crippen LogP contribution < -0.4 is 5.43 Å². The fourth-order valence-electron chi connectivity index (χ4n) is 3.36. The molecule has 1 aliphatic carbocycles. The molecule has 0 bridgehead atoms. The van der Waals surface area contributed by atoms with Crippen LogP contribution in [0.1, 0.15) is 15.9 Å². The summed E-state index contributed by atoms with van der Waals surface area (Å²) in [4.78, 5) is 24.4. The van der Waals surface area contributed by atoms with E-state index in [0.717, 1.165) is 0 Å². The number of carboxylic acids is 1. The first-order valence-corrected chi connectivity index (χ1v) is 11.6. The van der Waals surface area contributed by atoms with Gasteiger partial charge in [0, 0.05) is 26.5 Å². The van der Waals surface area contributed by atoms with Crippen LogP contribution in [0.15, 0.2) is 63.5 Å². The van der Waals surface area contributed by atoms with Gasteiger partial charge in [-0.05, 0) is 71.6 Å². The smallest absolute Gasteiger partial charge is 0.336 e. The second-order valence-corrected chi connectivity index (χ2v) is 9.69. The number of hydrogen-bond acceptors (Lipinski definition) is 4. The summed E-state index contributed by atoms with van der Waals surface area (Å²) >= 11 is 13.6. The maximum Gasteiger partial charge on any atom is 0.336 e. The molecule has 1 aliphatic heterocycles. The van der Waals surface area contributed by atoms with Crippen LogP contribution in [0.25, 0.3) is 33.4 Å². The Morgan fingerprint density at radius 1 is 0.967 bits per heavy atom. The largest absolute Gasteiger partial charge is 0.478 e. The molecular weight excluding hydrogens is 652 g/mol. The Kier molecular flexibility index (Phi) is 5.93. The summed E-state index contributed by atoms with van der Waals surface area (Å²) in [6, 6.07) is 10.0. The van der Waals surface area contributed by atoms with Crippen molar-refractivity contribution in [2.24, 2.45) is 0 Å². The molecule has 0 atom stereocenters. The maximum atomic E-state index is 12.5. The Bertz CT molecular complexity index is 1380. The van der Waals surface area contributed by atoms with Gasteiger partial charge in [-0.1, -0.05) is 34.1 Å². The molecule has 2 aromatic carbocycles. The van der Waals surface area contributed by atoms with Crippen molar-refractivity contribution in [1.29, 1.82) is 0 Å². The highest BCUT2D eigenvalue weighted by Crippen LogP contribution is 2.47. The van der Waals surface area contributed by atoms with E-state index in [1.165, 1.54) is 6.07 Å². The van der Waals surface area contributed by atoms with Crippen LogP contribution in [0.5, 0.6) is 0 Å². The van der Waals surface area contributed by atoms with Gasteiger partial charge in [0.2, 0.25) is 5.43 Å². The van der Waals surface area contributed by atoms with Crippen LogP contribution in [0.2, 0.25) is 0 Å². The predicted molar refractivity (Wildman–Crippen MR) is 128 cm³/mol. The number of aromatic carboxylic acids is 1. The van der Waals surface area contributed by atoms with E-state index in [1.54, 1.807) is 30.3 Å². The molecule has 4 rings (SSSR count). The number of halogens is 4. The lowest BCUT2D eigenvalue weighted by molar-refractivity contribution is 0.0697. The van der Waals surface area contributed by atoms with Gasteiger partial charge in [0.25, 0.3) is 0 Å². The van der Waals surface area contributed by atoms with Crippen LogP contribution in [0.3, 0.4) is 0 Å². The van der Waals surface area contributed by atoms with E-state index in [9.17, 15) is 19.8 Å². The second-order valence-electron chi connectivity index (χ2n) is 6.39. The van der Waals surface area contributed by atoms with Gasteiger partial charge in [0.15, 0.2) is 5.76 Å². The van der Waals surface area contributed by atoms with Crippen LogP contribution in [-0.2, 0) is 6.61 Å². The van der Waals surface area contributed by atoms with Crippen molar-refractivity contribution >= 4 is 80.7 Å². The standard InChI is InChI=1S/C21H10Br4O5/c22-13-5-10-15(8-3-1-2-4-9(8)21(28)29)11-6-14(23)18(27)17(25)20(11)30-19(10)16(24)12(13)7-26/h1-6,26H,7H2,(H,28,29). The van der Waals surface area contributed by atoms with Gasteiger partial charge in [-0.15, -0.1) is 0 Å². The van der Waals surface area contributed by atoms with E-state index in [2.05, 4.69) is 63.7 Å². The topological polar surface area (TPSA) is 87.7 Å². The number of fused-ring (bicyclic) bond motifs is 2. The zero-order valence-electron chi connectivity index (χ0n) is 14.8. The summed E-state index contributed by atoms with van der Waals surface area (Å²) in [5.41, 5.74) is 2.40. The monoisotopic (exact) mass is 658 g/mol. The average Bonchev–Trinajstić information content (AvgIpc) is 2.71. The van der Waals surface area contributed by atoms with Crippen molar-refractivity contribution < 1.29 is 19.4 Å². The van der Waals surface area contributed by atoms with Gasteiger partial charge < -0.3 is 14.6 Å². The van der Waals surface area contributed by atoms with Crippen LogP contribution in [0.4, 0.5) is 0 Å². The molecule has 5 nitrogen and oxygen atoms in total. The summed E-state index contributed by atoms with van der Waals surface area (Å²) < 4.78 is 7.77. The first-order chi connectivity index (χ1) is 14.3. The Labute approximate surface area is 203 Å². The fraction of sp³-hybridized carbons (Fsp3) is 0.0476. The third-order valence-electron chi connectivity index (χ3n) is 4.73. The summed E-state index contributed by atoms with van der Waals surface area (Å²) in [6.45, 7) is -0.250. The molecule has 0 saturated carbocycles. The molecule has 0 unspecified atom stereocenters. The first-order valence-electron chi connectivity index (χ1n) is 8.45. The van der Waals surface area contributed by atoms with Crippen molar-refractivity contribution in [3.63, 3.8) is 0 Å². The number of hydrogen-bond donors (Lipinski definition) is 2.